The van der Waals surface area contributed by atoms with Gasteiger partial charge in [0.05, 0.1) is 37.8 Å². The Morgan fingerprint density at radius 1 is 1.59 bits per heavy atom. The maximum atomic E-state index is 9.10. The first kappa shape index (κ1) is 12.0. The molecule has 0 saturated carbocycles. The fourth-order valence-electron chi connectivity index (χ4n) is 2.00. The summed E-state index contributed by atoms with van der Waals surface area (Å²) in [6, 6.07) is 5.63. The van der Waals surface area contributed by atoms with Gasteiger partial charge in [-0.15, -0.1) is 0 Å². The van der Waals surface area contributed by atoms with E-state index in [2.05, 4.69) is 4.90 Å². The zero-order valence-electron chi connectivity index (χ0n) is 9.93. The minimum atomic E-state index is -0.134. The highest BCUT2D eigenvalue weighted by Gasteiger charge is 2.21. The summed E-state index contributed by atoms with van der Waals surface area (Å²) < 4.78 is 10.5. The van der Waals surface area contributed by atoms with E-state index in [0.717, 1.165) is 18.0 Å². The molecule has 94 valence electrons. The zero-order chi connectivity index (χ0) is 12.3. The van der Waals surface area contributed by atoms with Crippen LogP contribution in [0.15, 0.2) is 18.2 Å². The number of ether oxygens (including phenoxy) is 2. The third kappa shape index (κ3) is 2.62. The summed E-state index contributed by atoms with van der Waals surface area (Å²) in [7, 11) is 1.62. The first-order valence-corrected chi connectivity index (χ1v) is 5.65. The van der Waals surface area contributed by atoms with Crippen molar-refractivity contribution in [2.45, 2.75) is 6.10 Å². The van der Waals surface area contributed by atoms with Gasteiger partial charge in [-0.1, -0.05) is 0 Å². The van der Waals surface area contributed by atoms with Crippen LogP contribution in [0.4, 0.5) is 11.4 Å². The number of morpholine rings is 1. The monoisotopic (exact) mass is 238 g/mol. The van der Waals surface area contributed by atoms with Crippen molar-refractivity contribution in [2.24, 2.45) is 0 Å². The Labute approximate surface area is 101 Å². The van der Waals surface area contributed by atoms with Crippen molar-refractivity contribution in [1.29, 1.82) is 0 Å². The van der Waals surface area contributed by atoms with Gasteiger partial charge in [0.1, 0.15) is 5.75 Å². The smallest absolute Gasteiger partial charge is 0.121 e. The van der Waals surface area contributed by atoms with Crippen LogP contribution >= 0.6 is 0 Å². The van der Waals surface area contributed by atoms with Crippen molar-refractivity contribution in [2.75, 3.05) is 44.0 Å². The Morgan fingerprint density at radius 2 is 2.41 bits per heavy atom. The number of aliphatic hydroxyl groups is 1. The molecule has 1 unspecified atom stereocenters. The quantitative estimate of drug-likeness (QED) is 0.749. The molecule has 1 aliphatic heterocycles. The lowest BCUT2D eigenvalue weighted by molar-refractivity contribution is 0.00360. The first-order valence-electron chi connectivity index (χ1n) is 5.65. The van der Waals surface area contributed by atoms with E-state index in [1.807, 2.05) is 12.1 Å². The maximum absolute atomic E-state index is 9.10. The average molecular weight is 238 g/mol. The molecule has 1 atom stereocenters. The van der Waals surface area contributed by atoms with Gasteiger partial charge in [-0.05, 0) is 12.1 Å². The molecule has 2 rings (SSSR count). The molecule has 0 aromatic heterocycles. The third-order valence-corrected chi connectivity index (χ3v) is 2.92. The molecule has 3 N–H and O–H groups in total. The van der Waals surface area contributed by atoms with Crippen LogP contribution in [0.2, 0.25) is 0 Å². The SMILES string of the molecule is COc1ccc(N2CCOC(CO)C2)c(N)c1. The van der Waals surface area contributed by atoms with E-state index >= 15 is 0 Å². The minimum absolute atomic E-state index is 0.0343. The Morgan fingerprint density at radius 3 is 3.06 bits per heavy atom. The molecule has 5 heteroatoms. The summed E-state index contributed by atoms with van der Waals surface area (Å²) in [6.45, 7) is 2.09. The number of aliphatic hydroxyl groups excluding tert-OH is 1. The highest BCUT2D eigenvalue weighted by atomic mass is 16.5. The molecular formula is C12H18N2O3. The number of rotatable bonds is 3. The first-order chi connectivity index (χ1) is 8.24. The van der Waals surface area contributed by atoms with Crippen molar-refractivity contribution >= 4 is 11.4 Å². The van der Waals surface area contributed by atoms with Crippen molar-refractivity contribution in [1.82, 2.24) is 0 Å². The van der Waals surface area contributed by atoms with Crippen LogP contribution in [0, 0.1) is 0 Å². The van der Waals surface area contributed by atoms with E-state index in [9.17, 15) is 0 Å². The number of nitrogens with zero attached hydrogens (tertiary/aromatic N) is 1. The standard InChI is InChI=1S/C12H18N2O3/c1-16-9-2-3-12(11(13)6-9)14-4-5-17-10(7-14)8-15/h2-3,6,10,15H,4-5,7-8,13H2,1H3. The van der Waals surface area contributed by atoms with E-state index in [-0.39, 0.29) is 12.7 Å². The van der Waals surface area contributed by atoms with Gasteiger partial charge in [0, 0.05) is 19.2 Å². The Hall–Kier alpha value is -1.46. The summed E-state index contributed by atoms with van der Waals surface area (Å²) in [5.41, 5.74) is 7.64. The van der Waals surface area contributed by atoms with Gasteiger partial charge in [-0.25, -0.2) is 0 Å². The van der Waals surface area contributed by atoms with Crippen LogP contribution in [0.3, 0.4) is 0 Å². The fourth-order valence-corrected chi connectivity index (χ4v) is 2.00. The highest BCUT2D eigenvalue weighted by Crippen LogP contribution is 2.28. The molecular weight excluding hydrogens is 220 g/mol. The van der Waals surface area contributed by atoms with Crippen LogP contribution in [-0.2, 0) is 4.74 Å². The van der Waals surface area contributed by atoms with Crippen molar-refractivity contribution in [3.05, 3.63) is 18.2 Å². The van der Waals surface area contributed by atoms with Crippen LogP contribution in [-0.4, -0.2) is 44.6 Å². The molecule has 0 amide bonds. The minimum Gasteiger partial charge on any atom is -0.497 e. The summed E-state index contributed by atoms with van der Waals surface area (Å²) in [5.74, 6) is 0.748. The molecule has 17 heavy (non-hydrogen) atoms. The summed E-state index contributed by atoms with van der Waals surface area (Å²) in [6.07, 6.45) is -0.134. The van der Waals surface area contributed by atoms with Gasteiger partial charge in [0.25, 0.3) is 0 Å². The van der Waals surface area contributed by atoms with Gasteiger partial charge >= 0.3 is 0 Å². The number of nitrogens with two attached hydrogens (primary N) is 1. The topological polar surface area (TPSA) is 68.0 Å². The average Bonchev–Trinajstić information content (AvgIpc) is 2.38. The molecule has 1 aliphatic rings. The molecule has 0 bridgehead atoms. The predicted octanol–water partition coefficient (Wildman–Crippen LogP) is 0.475. The molecule has 1 heterocycles. The van der Waals surface area contributed by atoms with Gasteiger partial charge in [0.2, 0.25) is 0 Å². The maximum Gasteiger partial charge on any atom is 0.121 e. The number of hydrogen-bond acceptors (Lipinski definition) is 5. The largest absolute Gasteiger partial charge is 0.497 e. The molecule has 0 radical (unpaired) electrons. The van der Waals surface area contributed by atoms with Crippen LogP contribution in [0.25, 0.3) is 0 Å². The van der Waals surface area contributed by atoms with Gasteiger partial charge in [-0.3, -0.25) is 0 Å². The summed E-state index contributed by atoms with van der Waals surface area (Å²) in [4.78, 5) is 2.12. The normalized spacial score (nSPS) is 20.4. The van der Waals surface area contributed by atoms with Crippen LogP contribution in [0.5, 0.6) is 5.75 Å². The van der Waals surface area contributed by atoms with Crippen molar-refractivity contribution in [3.8, 4) is 5.75 Å². The molecule has 1 aromatic carbocycles. The fraction of sp³-hybridized carbons (Fsp3) is 0.500. The second-order valence-corrected chi connectivity index (χ2v) is 4.05. The molecule has 0 aliphatic carbocycles. The lowest BCUT2D eigenvalue weighted by Gasteiger charge is -2.34. The second-order valence-electron chi connectivity index (χ2n) is 4.05. The molecule has 1 aromatic rings. The van der Waals surface area contributed by atoms with E-state index < -0.39 is 0 Å². The van der Waals surface area contributed by atoms with Gasteiger partial charge in [0.15, 0.2) is 0 Å². The number of methoxy groups -OCH3 is 1. The summed E-state index contributed by atoms with van der Waals surface area (Å²) in [5, 5.41) is 9.10. The van der Waals surface area contributed by atoms with Gasteiger partial charge < -0.3 is 25.2 Å². The molecule has 0 spiro atoms. The van der Waals surface area contributed by atoms with E-state index in [0.29, 0.717) is 18.8 Å². The molecule has 5 nitrogen and oxygen atoms in total. The zero-order valence-corrected chi connectivity index (χ0v) is 9.93. The Bertz CT molecular complexity index is 384. The van der Waals surface area contributed by atoms with Crippen molar-refractivity contribution in [3.63, 3.8) is 0 Å². The Kier molecular flexibility index (Phi) is 3.71. The van der Waals surface area contributed by atoms with Gasteiger partial charge in [-0.2, -0.15) is 0 Å². The van der Waals surface area contributed by atoms with E-state index in [1.165, 1.54) is 0 Å². The van der Waals surface area contributed by atoms with Crippen LogP contribution in [0.1, 0.15) is 0 Å². The van der Waals surface area contributed by atoms with E-state index in [1.54, 1.807) is 13.2 Å². The van der Waals surface area contributed by atoms with E-state index in [4.69, 9.17) is 20.3 Å². The lowest BCUT2D eigenvalue weighted by atomic mass is 10.2. The number of hydrogen-bond donors (Lipinski definition) is 2. The lowest BCUT2D eigenvalue weighted by Crippen LogP contribution is -2.44. The molecule has 1 saturated heterocycles. The number of benzene rings is 1. The van der Waals surface area contributed by atoms with Crippen molar-refractivity contribution < 1.29 is 14.6 Å². The Balaban J connectivity index is 2.16. The number of anilines is 2. The molecule has 1 fully saturated rings. The highest BCUT2D eigenvalue weighted by molar-refractivity contribution is 5.69. The third-order valence-electron chi connectivity index (χ3n) is 2.92. The second kappa shape index (κ2) is 5.25. The number of nitrogen functional groups attached to an aromatic ring is 1. The predicted molar refractivity (Wildman–Crippen MR) is 66.4 cm³/mol. The summed E-state index contributed by atoms with van der Waals surface area (Å²) >= 11 is 0. The van der Waals surface area contributed by atoms with Crippen LogP contribution < -0.4 is 15.4 Å².